The van der Waals surface area contributed by atoms with Gasteiger partial charge in [-0.2, -0.15) is 26.3 Å². The average molecular weight is 626 g/mol. The highest BCUT2D eigenvalue weighted by atomic mass is 19.4. The molecule has 10 heteroatoms. The summed E-state index contributed by atoms with van der Waals surface area (Å²) in [4.78, 5) is 13.8. The Morgan fingerprint density at radius 1 is 0.578 bits per heavy atom. The van der Waals surface area contributed by atoms with E-state index in [1.165, 1.54) is 6.07 Å². The topological polar surface area (TPSA) is 29.1 Å². The number of nitrogens with one attached hydrogen (secondary N) is 1. The Hall–Kier alpha value is -4.99. The van der Waals surface area contributed by atoms with Gasteiger partial charge < -0.3 is 5.32 Å². The summed E-state index contributed by atoms with van der Waals surface area (Å²) in [6.07, 6.45) is -10.3. The molecule has 230 valence electrons. The monoisotopic (exact) mass is 625 g/mol. The molecule has 0 aromatic heterocycles. The molecule has 1 N–H and O–H groups in total. The number of rotatable bonds is 7. The van der Waals surface area contributed by atoms with Crippen molar-refractivity contribution in [3.63, 3.8) is 0 Å². The number of amides is 1. The third-order valence-electron chi connectivity index (χ3n) is 7.35. The van der Waals surface area contributed by atoms with Crippen molar-refractivity contribution in [1.29, 1.82) is 0 Å². The lowest BCUT2D eigenvalue weighted by atomic mass is 9.76. The Kier molecular flexibility index (Phi) is 8.51. The van der Waals surface area contributed by atoms with E-state index in [0.29, 0.717) is 35.4 Å². The molecule has 1 atom stereocenters. The highest BCUT2D eigenvalue weighted by Gasteiger charge is 2.41. The van der Waals surface area contributed by atoms with Crippen molar-refractivity contribution in [3.05, 3.63) is 166 Å². The summed E-state index contributed by atoms with van der Waals surface area (Å²) in [6.45, 7) is 0. The van der Waals surface area contributed by atoms with Crippen LogP contribution in [0, 0.1) is 11.6 Å². The zero-order valence-electron chi connectivity index (χ0n) is 23.2. The lowest BCUT2D eigenvalue weighted by Crippen LogP contribution is -2.49. The molecule has 1 unspecified atom stereocenters. The first kappa shape index (κ1) is 31.4. The van der Waals surface area contributed by atoms with Crippen molar-refractivity contribution >= 4 is 5.91 Å². The summed E-state index contributed by atoms with van der Waals surface area (Å²) in [5.41, 5.74) is -3.84. The Labute approximate surface area is 253 Å². The van der Waals surface area contributed by atoms with Gasteiger partial charge in [0.2, 0.25) is 0 Å². The van der Waals surface area contributed by atoms with Gasteiger partial charge in [0, 0.05) is 12.0 Å². The number of hydrogen-bond acceptors (Lipinski definition) is 1. The van der Waals surface area contributed by atoms with Crippen molar-refractivity contribution in [3.8, 4) is 11.1 Å². The van der Waals surface area contributed by atoms with Crippen molar-refractivity contribution in [2.75, 3.05) is 0 Å². The summed E-state index contributed by atoms with van der Waals surface area (Å²) in [5.74, 6) is -4.00. The summed E-state index contributed by atoms with van der Waals surface area (Å²) in [5, 5.41) is 2.65. The van der Waals surface area contributed by atoms with Crippen LogP contribution in [0.4, 0.5) is 35.1 Å². The Bertz CT molecular complexity index is 1820. The maximum Gasteiger partial charge on any atom is 0.419 e. The van der Waals surface area contributed by atoms with Gasteiger partial charge in [0.15, 0.2) is 0 Å². The van der Waals surface area contributed by atoms with Crippen molar-refractivity contribution < 1.29 is 39.9 Å². The average Bonchev–Trinajstić information content (AvgIpc) is 3.00. The highest BCUT2D eigenvalue weighted by Crippen LogP contribution is 2.40. The van der Waals surface area contributed by atoms with Crippen molar-refractivity contribution in [2.45, 2.75) is 24.3 Å². The van der Waals surface area contributed by atoms with Gasteiger partial charge >= 0.3 is 12.4 Å². The van der Waals surface area contributed by atoms with Crippen LogP contribution < -0.4 is 5.32 Å². The standard InChI is InChI=1S/C35H23F8NO/c36-29-19-27(18-28(20-29)34(38,39)40)33(21-22-8-3-1-4-9-22,26-13-7-12-24(16-26)23-10-5-2-6-11-23)44-32(45)25-14-15-31(37)30(17-25)35(41,42)43/h1-20H,21H2,(H,44,45). The van der Waals surface area contributed by atoms with E-state index in [9.17, 15) is 39.9 Å². The molecule has 45 heavy (non-hydrogen) atoms. The second-order valence-electron chi connectivity index (χ2n) is 10.4. The van der Waals surface area contributed by atoms with Crippen LogP contribution >= 0.6 is 0 Å². The van der Waals surface area contributed by atoms with Crippen LogP contribution in [0.3, 0.4) is 0 Å². The molecule has 0 aliphatic heterocycles. The van der Waals surface area contributed by atoms with Crippen LogP contribution in [-0.2, 0) is 24.3 Å². The second-order valence-corrected chi connectivity index (χ2v) is 10.4. The van der Waals surface area contributed by atoms with Crippen LogP contribution in [0.15, 0.2) is 121 Å². The van der Waals surface area contributed by atoms with Gasteiger partial charge in [0.1, 0.15) is 11.6 Å². The summed E-state index contributed by atoms with van der Waals surface area (Å²) >= 11 is 0. The zero-order valence-corrected chi connectivity index (χ0v) is 23.2. The number of carbonyl (C=O) groups is 1. The summed E-state index contributed by atoms with van der Waals surface area (Å²) in [6, 6.07) is 27.2. The number of benzene rings is 5. The maximum absolute atomic E-state index is 15.0. The lowest BCUT2D eigenvalue weighted by molar-refractivity contribution is -0.140. The van der Waals surface area contributed by atoms with Crippen molar-refractivity contribution in [2.24, 2.45) is 0 Å². The molecule has 0 aliphatic rings. The van der Waals surface area contributed by atoms with E-state index >= 15 is 0 Å². The van der Waals surface area contributed by atoms with Gasteiger partial charge in [0.05, 0.1) is 16.7 Å². The second kappa shape index (κ2) is 12.2. The van der Waals surface area contributed by atoms with Crippen LogP contribution in [0.1, 0.15) is 38.2 Å². The molecular formula is C35H23F8NO. The van der Waals surface area contributed by atoms with E-state index < -0.39 is 52.1 Å². The molecule has 0 aliphatic carbocycles. The normalized spacial score (nSPS) is 13.2. The first-order valence-corrected chi connectivity index (χ1v) is 13.5. The van der Waals surface area contributed by atoms with E-state index in [0.717, 1.165) is 17.7 Å². The molecule has 0 fully saturated rings. The largest absolute Gasteiger partial charge is 0.419 e. The minimum atomic E-state index is -5.13. The molecule has 0 saturated carbocycles. The smallest absolute Gasteiger partial charge is 0.338 e. The third-order valence-corrected chi connectivity index (χ3v) is 7.35. The fraction of sp³-hybridized carbons (Fsp3) is 0.114. The Balaban J connectivity index is 1.78. The molecule has 5 aromatic carbocycles. The predicted molar refractivity (Wildman–Crippen MR) is 153 cm³/mol. The van der Waals surface area contributed by atoms with Crippen LogP contribution in [-0.4, -0.2) is 5.91 Å². The maximum atomic E-state index is 15.0. The number of carbonyl (C=O) groups excluding carboxylic acids is 1. The molecule has 0 radical (unpaired) electrons. The quantitative estimate of drug-likeness (QED) is 0.179. The van der Waals surface area contributed by atoms with Crippen LogP contribution in [0.5, 0.6) is 0 Å². The van der Waals surface area contributed by atoms with Gasteiger partial charge in [-0.05, 0) is 70.3 Å². The van der Waals surface area contributed by atoms with E-state index in [-0.39, 0.29) is 17.5 Å². The minimum absolute atomic E-state index is 0.220. The van der Waals surface area contributed by atoms with Gasteiger partial charge in [-0.25, -0.2) is 8.78 Å². The molecule has 2 nitrogen and oxygen atoms in total. The third kappa shape index (κ3) is 6.90. The van der Waals surface area contributed by atoms with Gasteiger partial charge in [-0.1, -0.05) is 78.9 Å². The Morgan fingerprint density at radius 2 is 1.20 bits per heavy atom. The van der Waals surface area contributed by atoms with E-state index in [2.05, 4.69) is 5.32 Å². The van der Waals surface area contributed by atoms with Crippen LogP contribution in [0.25, 0.3) is 11.1 Å². The molecule has 5 rings (SSSR count). The predicted octanol–water partition coefficient (Wildman–Crippen LogP) is 9.59. The summed E-state index contributed by atoms with van der Waals surface area (Å²) < 4.78 is 112. The molecule has 5 aromatic rings. The first-order valence-electron chi connectivity index (χ1n) is 13.5. The summed E-state index contributed by atoms with van der Waals surface area (Å²) in [7, 11) is 0. The van der Waals surface area contributed by atoms with Crippen LogP contribution in [0.2, 0.25) is 0 Å². The minimum Gasteiger partial charge on any atom is -0.338 e. The van der Waals surface area contributed by atoms with Gasteiger partial charge in [-0.3, -0.25) is 4.79 Å². The van der Waals surface area contributed by atoms with Gasteiger partial charge in [0.25, 0.3) is 5.91 Å². The molecule has 1 amide bonds. The zero-order chi connectivity index (χ0) is 32.4. The van der Waals surface area contributed by atoms with Crippen molar-refractivity contribution in [1.82, 2.24) is 5.32 Å². The Morgan fingerprint density at radius 3 is 1.84 bits per heavy atom. The highest BCUT2D eigenvalue weighted by molar-refractivity contribution is 5.95. The molecular weight excluding hydrogens is 602 g/mol. The number of halogens is 8. The SMILES string of the molecule is O=C(NC(Cc1ccccc1)(c1cccc(-c2ccccc2)c1)c1cc(F)cc(C(F)(F)F)c1)c1ccc(F)c(C(F)(F)F)c1. The number of hydrogen-bond donors (Lipinski definition) is 1. The fourth-order valence-corrected chi connectivity index (χ4v) is 5.21. The first-order chi connectivity index (χ1) is 21.3. The number of alkyl halides is 6. The molecule has 0 bridgehead atoms. The van der Waals surface area contributed by atoms with Gasteiger partial charge in [-0.15, -0.1) is 0 Å². The van der Waals surface area contributed by atoms with E-state index in [4.69, 9.17) is 0 Å². The van der Waals surface area contributed by atoms with E-state index in [1.807, 2.05) is 0 Å². The lowest BCUT2D eigenvalue weighted by Gasteiger charge is -2.37. The van der Waals surface area contributed by atoms with E-state index in [1.54, 1.807) is 78.9 Å². The fourth-order valence-electron chi connectivity index (χ4n) is 5.21. The molecule has 0 saturated heterocycles. The molecule has 0 heterocycles. The molecule has 0 spiro atoms.